The molecule has 102 valence electrons. The van der Waals surface area contributed by atoms with Crippen LogP contribution in [0.1, 0.15) is 13.8 Å². The van der Waals surface area contributed by atoms with Crippen LogP contribution in [0.3, 0.4) is 0 Å². The first-order chi connectivity index (χ1) is 8.15. The fourth-order valence-corrected chi connectivity index (χ4v) is 1.95. The Labute approximate surface area is 107 Å². The van der Waals surface area contributed by atoms with Crippen LogP contribution in [0.2, 0.25) is 0 Å². The van der Waals surface area contributed by atoms with Crippen LogP contribution in [-0.2, 0) is 14.8 Å². The van der Waals surface area contributed by atoms with E-state index in [0.29, 0.717) is 12.2 Å². The van der Waals surface area contributed by atoms with Crippen molar-refractivity contribution in [3.05, 3.63) is 18.2 Å². The van der Waals surface area contributed by atoms with E-state index >= 15 is 0 Å². The maximum atomic E-state index is 11.2. The molecular weight excluding hydrogens is 254 g/mol. The van der Waals surface area contributed by atoms with Gasteiger partial charge >= 0.3 is 0 Å². The number of nitrogens with one attached hydrogen (secondary N) is 1. The van der Waals surface area contributed by atoms with Crippen molar-refractivity contribution in [2.24, 2.45) is 5.14 Å². The molecule has 0 heterocycles. The molecule has 0 aliphatic heterocycles. The number of ether oxygens (including phenoxy) is 1. The number of nitrogens with two attached hydrogens (primary N) is 2. The second-order valence-corrected chi connectivity index (χ2v) is 6.14. The van der Waals surface area contributed by atoms with E-state index < -0.39 is 10.0 Å². The van der Waals surface area contributed by atoms with Gasteiger partial charge in [0.15, 0.2) is 0 Å². The van der Waals surface area contributed by atoms with Crippen molar-refractivity contribution in [2.75, 3.05) is 24.7 Å². The Hall–Kier alpha value is -1.31. The van der Waals surface area contributed by atoms with E-state index in [1.54, 1.807) is 13.2 Å². The number of anilines is 2. The Morgan fingerprint density at radius 3 is 2.44 bits per heavy atom. The van der Waals surface area contributed by atoms with Crippen molar-refractivity contribution in [3.8, 4) is 0 Å². The van der Waals surface area contributed by atoms with Crippen LogP contribution < -0.4 is 16.2 Å². The number of nitrogen functional groups attached to an aromatic ring is 1. The molecule has 0 aliphatic carbocycles. The molecule has 7 heteroatoms. The van der Waals surface area contributed by atoms with Gasteiger partial charge in [0.25, 0.3) is 0 Å². The third-order valence-electron chi connectivity index (χ3n) is 2.59. The average molecular weight is 273 g/mol. The molecule has 0 saturated heterocycles. The zero-order valence-electron chi connectivity index (χ0n) is 10.7. The molecule has 1 aromatic carbocycles. The first-order valence-electron chi connectivity index (χ1n) is 5.37. The van der Waals surface area contributed by atoms with Gasteiger partial charge in [-0.1, -0.05) is 0 Å². The zero-order chi connectivity index (χ0) is 14.0. The summed E-state index contributed by atoms with van der Waals surface area (Å²) in [5, 5.41) is 8.14. The number of benzene rings is 1. The maximum Gasteiger partial charge on any atom is 0.240 e. The highest BCUT2D eigenvalue weighted by Gasteiger charge is 2.16. The summed E-state index contributed by atoms with van der Waals surface area (Å²) < 4.78 is 27.6. The summed E-state index contributed by atoms with van der Waals surface area (Å²) in [7, 11) is -2.15. The van der Waals surface area contributed by atoms with Crippen molar-refractivity contribution in [1.29, 1.82) is 0 Å². The summed E-state index contributed by atoms with van der Waals surface area (Å²) in [6.07, 6.45) is 0. The molecule has 6 nitrogen and oxygen atoms in total. The van der Waals surface area contributed by atoms with Crippen LogP contribution in [-0.4, -0.2) is 27.7 Å². The van der Waals surface area contributed by atoms with Crippen LogP contribution in [0.25, 0.3) is 0 Å². The van der Waals surface area contributed by atoms with E-state index in [2.05, 4.69) is 5.32 Å². The topological polar surface area (TPSA) is 107 Å². The fraction of sp³-hybridized carbons (Fsp3) is 0.455. The number of hydrogen-bond donors (Lipinski definition) is 3. The Morgan fingerprint density at radius 1 is 1.39 bits per heavy atom. The van der Waals surface area contributed by atoms with Gasteiger partial charge in [-0.25, -0.2) is 13.6 Å². The molecule has 18 heavy (non-hydrogen) atoms. The smallest absolute Gasteiger partial charge is 0.240 e. The van der Waals surface area contributed by atoms with Gasteiger partial charge in [0.2, 0.25) is 10.0 Å². The van der Waals surface area contributed by atoms with Crippen molar-refractivity contribution >= 4 is 21.4 Å². The lowest BCUT2D eigenvalue weighted by molar-refractivity contribution is 0.0344. The van der Waals surface area contributed by atoms with Crippen molar-refractivity contribution in [2.45, 2.75) is 24.3 Å². The Morgan fingerprint density at radius 2 is 2.00 bits per heavy atom. The van der Waals surface area contributed by atoms with Crippen LogP contribution in [0.4, 0.5) is 11.4 Å². The molecule has 0 atom stereocenters. The molecule has 0 radical (unpaired) electrons. The van der Waals surface area contributed by atoms with Gasteiger partial charge in [-0.05, 0) is 32.0 Å². The molecule has 5 N–H and O–H groups in total. The molecule has 0 aliphatic rings. The van der Waals surface area contributed by atoms with E-state index in [1.807, 2.05) is 13.8 Å². The van der Waals surface area contributed by atoms with Crippen molar-refractivity contribution < 1.29 is 13.2 Å². The van der Waals surface area contributed by atoms with Crippen LogP contribution in [0.5, 0.6) is 0 Å². The molecule has 0 amide bonds. The monoisotopic (exact) mass is 273 g/mol. The van der Waals surface area contributed by atoms with E-state index in [1.165, 1.54) is 12.1 Å². The third-order valence-corrected chi connectivity index (χ3v) is 3.57. The summed E-state index contributed by atoms with van der Waals surface area (Å²) in [5.74, 6) is 0. The predicted octanol–water partition coefficient (Wildman–Crippen LogP) is 0.753. The standard InChI is InChI=1S/C11H19N3O3S/c1-11(2,17-3)7-14-8-4-5-10(9(12)6-8)18(13,15)16/h4-6,14H,7,12H2,1-3H3,(H2,13,15,16). The number of rotatable bonds is 5. The van der Waals surface area contributed by atoms with Crippen LogP contribution in [0.15, 0.2) is 23.1 Å². The first kappa shape index (κ1) is 14.7. The van der Waals surface area contributed by atoms with E-state index in [0.717, 1.165) is 0 Å². The van der Waals surface area contributed by atoms with E-state index in [-0.39, 0.29) is 16.2 Å². The van der Waals surface area contributed by atoms with Crippen molar-refractivity contribution in [1.82, 2.24) is 0 Å². The fourth-order valence-electron chi connectivity index (χ4n) is 1.30. The lowest BCUT2D eigenvalue weighted by Crippen LogP contribution is -2.32. The lowest BCUT2D eigenvalue weighted by Gasteiger charge is -2.24. The molecule has 0 fully saturated rings. The Kier molecular flexibility index (Phi) is 4.20. The van der Waals surface area contributed by atoms with Gasteiger partial charge in [-0.15, -0.1) is 0 Å². The van der Waals surface area contributed by atoms with Gasteiger partial charge in [0.05, 0.1) is 11.3 Å². The minimum absolute atomic E-state index is 0.0703. The SMILES string of the molecule is COC(C)(C)CNc1ccc(S(N)(=O)=O)c(N)c1. The summed E-state index contributed by atoms with van der Waals surface area (Å²) in [6.45, 7) is 4.43. The summed E-state index contributed by atoms with van der Waals surface area (Å²) >= 11 is 0. The zero-order valence-corrected chi connectivity index (χ0v) is 11.5. The predicted molar refractivity (Wildman–Crippen MR) is 71.8 cm³/mol. The van der Waals surface area contributed by atoms with E-state index in [9.17, 15) is 8.42 Å². The van der Waals surface area contributed by atoms with Crippen molar-refractivity contribution in [3.63, 3.8) is 0 Å². The number of hydrogen-bond acceptors (Lipinski definition) is 5. The minimum Gasteiger partial charge on any atom is -0.398 e. The van der Waals surface area contributed by atoms with Crippen LogP contribution >= 0.6 is 0 Å². The Bertz CT molecular complexity index is 526. The summed E-state index contributed by atoms with van der Waals surface area (Å²) in [4.78, 5) is -0.0703. The quantitative estimate of drug-likeness (QED) is 0.686. The number of methoxy groups -OCH3 is 1. The minimum atomic E-state index is -3.78. The first-order valence-corrected chi connectivity index (χ1v) is 6.92. The lowest BCUT2D eigenvalue weighted by atomic mass is 10.1. The van der Waals surface area contributed by atoms with Gasteiger partial charge in [-0.2, -0.15) is 0 Å². The molecular formula is C11H19N3O3S. The van der Waals surface area contributed by atoms with Gasteiger partial charge in [0, 0.05) is 19.3 Å². The Balaban J connectivity index is 2.86. The second-order valence-electron chi connectivity index (χ2n) is 4.61. The highest BCUT2D eigenvalue weighted by molar-refractivity contribution is 7.89. The molecule has 0 saturated carbocycles. The molecule has 0 aromatic heterocycles. The van der Waals surface area contributed by atoms with Gasteiger partial charge < -0.3 is 15.8 Å². The molecule has 0 spiro atoms. The molecule has 1 aromatic rings. The molecule has 0 unspecified atom stereocenters. The molecule has 1 rings (SSSR count). The third kappa shape index (κ3) is 3.86. The maximum absolute atomic E-state index is 11.2. The second kappa shape index (κ2) is 5.13. The van der Waals surface area contributed by atoms with Gasteiger partial charge in [-0.3, -0.25) is 0 Å². The van der Waals surface area contributed by atoms with Gasteiger partial charge in [0.1, 0.15) is 4.90 Å². The average Bonchev–Trinajstić information content (AvgIpc) is 2.25. The highest BCUT2D eigenvalue weighted by Crippen LogP contribution is 2.22. The normalized spacial score (nSPS) is 12.4. The van der Waals surface area contributed by atoms with Crippen LogP contribution in [0, 0.1) is 0 Å². The molecule has 0 bridgehead atoms. The highest BCUT2D eigenvalue weighted by atomic mass is 32.2. The largest absolute Gasteiger partial charge is 0.398 e. The summed E-state index contributed by atoms with van der Waals surface area (Å²) in [6, 6.07) is 4.53. The number of primary sulfonamides is 1. The summed E-state index contributed by atoms with van der Waals surface area (Å²) in [5.41, 5.74) is 6.16. The number of sulfonamides is 1. The van der Waals surface area contributed by atoms with E-state index in [4.69, 9.17) is 15.6 Å².